The Hall–Kier alpha value is -3.20. The smallest absolute Gasteiger partial charge is 0.341 e. The summed E-state index contributed by atoms with van der Waals surface area (Å²) in [6.45, 7) is 2.65. The van der Waals surface area contributed by atoms with Crippen LogP contribution in [-0.2, 0) is 16.0 Å². The number of carbonyl (C=O) groups excluding carboxylic acids is 1. The number of aromatic nitrogens is 1. The Labute approximate surface area is 171 Å². The van der Waals surface area contributed by atoms with Gasteiger partial charge in [-0.25, -0.2) is 27.9 Å². The van der Waals surface area contributed by atoms with E-state index in [-0.39, 0.29) is 35.8 Å². The summed E-state index contributed by atoms with van der Waals surface area (Å²) < 4.78 is 44.4. The predicted octanol–water partition coefficient (Wildman–Crippen LogP) is 3.61. The molecule has 9 heteroatoms. The van der Waals surface area contributed by atoms with Gasteiger partial charge in [0, 0.05) is 17.5 Å². The van der Waals surface area contributed by atoms with E-state index in [1.54, 1.807) is 13.0 Å². The van der Waals surface area contributed by atoms with Crippen molar-refractivity contribution in [1.82, 2.24) is 4.98 Å². The molecule has 0 aliphatic carbocycles. The normalized spacial score (nSPS) is 12.7. The highest BCUT2D eigenvalue weighted by Crippen LogP contribution is 2.23. The average Bonchev–Trinajstić information content (AvgIpc) is 2.67. The quantitative estimate of drug-likeness (QED) is 0.386. The molecule has 0 spiro atoms. The van der Waals surface area contributed by atoms with Crippen molar-refractivity contribution in [1.29, 1.82) is 0 Å². The molecule has 2 rings (SSSR count). The average molecular weight is 421 g/mol. The minimum Gasteiger partial charge on any atom is -0.462 e. The number of rotatable bonds is 8. The van der Waals surface area contributed by atoms with E-state index in [0.29, 0.717) is 11.1 Å². The van der Waals surface area contributed by atoms with Crippen LogP contribution >= 0.6 is 0 Å². The molecule has 160 valence electrons. The second-order valence-electron chi connectivity index (χ2n) is 6.39. The number of hydrogen-bond donors (Lipinski definition) is 2. The van der Waals surface area contributed by atoms with Crippen LogP contribution in [-0.4, -0.2) is 35.0 Å². The maximum atomic E-state index is 13.6. The van der Waals surface area contributed by atoms with E-state index in [9.17, 15) is 23.1 Å². The molecule has 0 aliphatic heterocycles. The number of benzene rings is 1. The van der Waals surface area contributed by atoms with Crippen molar-refractivity contribution in [3.63, 3.8) is 0 Å². The van der Waals surface area contributed by atoms with Gasteiger partial charge in [0.2, 0.25) is 0 Å². The lowest BCUT2D eigenvalue weighted by atomic mass is 10.0. The highest BCUT2D eigenvalue weighted by atomic mass is 19.3. The molecule has 1 aromatic heterocycles. The number of allylic oxidation sites excluding steroid dienone is 1. The van der Waals surface area contributed by atoms with Gasteiger partial charge in [-0.2, -0.15) is 0 Å². The Bertz CT molecular complexity index is 971. The molecule has 0 atom stereocenters. The number of esters is 1. The minimum absolute atomic E-state index is 0.0242. The summed E-state index contributed by atoms with van der Waals surface area (Å²) in [7, 11) is 0. The van der Waals surface area contributed by atoms with Crippen LogP contribution in [0.25, 0.3) is 0 Å². The second-order valence-corrected chi connectivity index (χ2v) is 6.39. The van der Waals surface area contributed by atoms with Crippen LogP contribution in [0.5, 0.6) is 0 Å². The molecule has 2 aromatic rings. The van der Waals surface area contributed by atoms with E-state index in [0.717, 1.165) is 6.07 Å². The largest absolute Gasteiger partial charge is 0.462 e. The summed E-state index contributed by atoms with van der Waals surface area (Å²) in [6.07, 6.45) is -1.19. The molecule has 0 saturated carbocycles. The summed E-state index contributed by atoms with van der Waals surface area (Å²) in [5, 5.41) is 9.67. The van der Waals surface area contributed by atoms with Crippen molar-refractivity contribution >= 4 is 17.5 Å². The van der Waals surface area contributed by atoms with Crippen LogP contribution in [0.4, 0.5) is 19.0 Å². The van der Waals surface area contributed by atoms with Gasteiger partial charge in [-0.15, -0.1) is 0 Å². The Morgan fingerprint density at radius 2 is 2.00 bits per heavy atom. The molecule has 6 nitrogen and oxygen atoms in total. The molecule has 30 heavy (non-hydrogen) atoms. The van der Waals surface area contributed by atoms with Gasteiger partial charge in [0.1, 0.15) is 11.4 Å². The maximum Gasteiger partial charge on any atom is 0.341 e. The first-order valence-electron chi connectivity index (χ1n) is 9.09. The fourth-order valence-corrected chi connectivity index (χ4v) is 2.79. The first-order valence-corrected chi connectivity index (χ1v) is 9.09. The van der Waals surface area contributed by atoms with E-state index in [4.69, 9.17) is 10.5 Å². The van der Waals surface area contributed by atoms with Gasteiger partial charge in [0.05, 0.1) is 18.9 Å². The Kier molecular flexibility index (Phi) is 8.11. The number of nitrogens with two attached hydrogens (primary N) is 1. The lowest BCUT2D eigenvalue weighted by Gasteiger charge is -2.10. The van der Waals surface area contributed by atoms with Crippen LogP contribution in [0.1, 0.15) is 37.0 Å². The zero-order valence-electron chi connectivity index (χ0n) is 16.5. The molecular weight excluding hydrogens is 399 g/mol. The number of aliphatic hydroxyl groups is 1. The van der Waals surface area contributed by atoms with Gasteiger partial charge in [-0.05, 0) is 61.7 Å². The standard InChI is InChI=1S/C21H22F3N3O3/c1-3-30-21(29)19(12(2)25)17(11-28)27-18-9-13(4-5-26-18)6-14-7-15(20(23)24)10-16(22)8-14/h4-5,7-10,20,28H,3,6,11,25H2,1-2H3/b19-12+,27-17?. The number of hydrogen-bond acceptors (Lipinski definition) is 6. The maximum absolute atomic E-state index is 13.6. The highest BCUT2D eigenvalue weighted by Gasteiger charge is 2.20. The lowest BCUT2D eigenvalue weighted by molar-refractivity contribution is -0.137. The van der Waals surface area contributed by atoms with Crippen LogP contribution in [0, 0.1) is 5.82 Å². The Morgan fingerprint density at radius 1 is 1.27 bits per heavy atom. The van der Waals surface area contributed by atoms with Gasteiger partial charge in [-0.3, -0.25) is 0 Å². The van der Waals surface area contributed by atoms with Crippen LogP contribution in [0.15, 0.2) is 52.8 Å². The van der Waals surface area contributed by atoms with Gasteiger partial charge in [-0.1, -0.05) is 0 Å². The molecule has 0 fully saturated rings. The first-order chi connectivity index (χ1) is 14.2. The van der Waals surface area contributed by atoms with Gasteiger partial charge >= 0.3 is 5.97 Å². The number of aliphatic imine (C=N–C) groups is 1. The zero-order chi connectivity index (χ0) is 22.3. The van der Waals surface area contributed by atoms with Gasteiger partial charge < -0.3 is 15.6 Å². The third-order valence-electron chi connectivity index (χ3n) is 4.01. The number of ether oxygens (including phenoxy) is 1. The molecule has 1 heterocycles. The summed E-state index contributed by atoms with van der Waals surface area (Å²) >= 11 is 0. The van der Waals surface area contributed by atoms with E-state index < -0.39 is 30.4 Å². The van der Waals surface area contributed by atoms with Crippen molar-refractivity contribution in [2.75, 3.05) is 13.2 Å². The van der Waals surface area contributed by atoms with Crippen LogP contribution in [0.3, 0.4) is 0 Å². The van der Waals surface area contributed by atoms with E-state index in [1.165, 1.54) is 31.3 Å². The number of alkyl halides is 2. The van der Waals surface area contributed by atoms with Crippen LogP contribution in [0.2, 0.25) is 0 Å². The van der Waals surface area contributed by atoms with Crippen molar-refractivity contribution in [2.24, 2.45) is 10.7 Å². The van der Waals surface area contributed by atoms with E-state index in [1.807, 2.05) is 0 Å². The Morgan fingerprint density at radius 3 is 2.60 bits per heavy atom. The number of aliphatic hydroxyl groups excluding tert-OH is 1. The first kappa shape index (κ1) is 23.1. The SMILES string of the molecule is CCOC(=O)/C(C(CO)=Nc1cc(Cc2cc(F)cc(C(F)F)c2)ccn1)=C(\C)N. The Balaban J connectivity index is 2.36. The van der Waals surface area contributed by atoms with Crippen molar-refractivity contribution in [3.05, 3.63) is 70.3 Å². The lowest BCUT2D eigenvalue weighted by Crippen LogP contribution is -2.22. The fourth-order valence-electron chi connectivity index (χ4n) is 2.79. The van der Waals surface area contributed by atoms with Gasteiger partial charge in [0.15, 0.2) is 5.82 Å². The number of carbonyl (C=O) groups is 1. The summed E-state index contributed by atoms with van der Waals surface area (Å²) in [4.78, 5) is 20.4. The number of halogens is 3. The fraction of sp³-hybridized carbons (Fsp3) is 0.286. The molecule has 0 bridgehead atoms. The topological polar surface area (TPSA) is 97.8 Å². The number of pyridine rings is 1. The monoisotopic (exact) mass is 421 g/mol. The van der Waals surface area contributed by atoms with Crippen molar-refractivity contribution in [2.45, 2.75) is 26.7 Å². The van der Waals surface area contributed by atoms with Crippen LogP contribution < -0.4 is 5.73 Å². The molecule has 3 N–H and O–H groups in total. The molecule has 0 saturated heterocycles. The third kappa shape index (κ3) is 6.15. The third-order valence-corrected chi connectivity index (χ3v) is 4.01. The molecule has 0 amide bonds. The summed E-state index contributed by atoms with van der Waals surface area (Å²) in [6, 6.07) is 6.36. The molecule has 0 radical (unpaired) electrons. The summed E-state index contributed by atoms with van der Waals surface area (Å²) in [5.41, 5.74) is 6.38. The van der Waals surface area contributed by atoms with Gasteiger partial charge in [0.25, 0.3) is 6.43 Å². The molecular formula is C21H22F3N3O3. The number of nitrogens with zero attached hydrogens (tertiary/aromatic N) is 2. The van der Waals surface area contributed by atoms with E-state index in [2.05, 4.69) is 9.98 Å². The van der Waals surface area contributed by atoms with Crippen molar-refractivity contribution in [3.8, 4) is 0 Å². The highest BCUT2D eigenvalue weighted by molar-refractivity contribution is 6.21. The molecule has 0 aliphatic rings. The minimum atomic E-state index is -2.78. The van der Waals surface area contributed by atoms with Crippen molar-refractivity contribution < 1.29 is 27.8 Å². The van der Waals surface area contributed by atoms with E-state index >= 15 is 0 Å². The second kappa shape index (κ2) is 10.5. The zero-order valence-corrected chi connectivity index (χ0v) is 16.5. The predicted molar refractivity (Wildman–Crippen MR) is 106 cm³/mol. The molecule has 0 unspecified atom stereocenters. The summed E-state index contributed by atoms with van der Waals surface area (Å²) in [5.74, 6) is -1.31. The molecule has 1 aromatic carbocycles.